The number of hydrogen-bond donors (Lipinski definition) is 0. The van der Waals surface area contributed by atoms with Gasteiger partial charge in [-0.3, -0.25) is 9.69 Å². The predicted molar refractivity (Wildman–Crippen MR) is 124 cm³/mol. The molecule has 0 spiro atoms. The van der Waals surface area contributed by atoms with Gasteiger partial charge in [0.25, 0.3) is 11.9 Å². The van der Waals surface area contributed by atoms with Crippen LogP contribution in [0, 0.1) is 6.92 Å². The van der Waals surface area contributed by atoms with Crippen molar-refractivity contribution >= 4 is 23.7 Å². The van der Waals surface area contributed by atoms with E-state index in [1.54, 1.807) is 11.0 Å². The third-order valence-corrected chi connectivity index (χ3v) is 5.29. The summed E-state index contributed by atoms with van der Waals surface area (Å²) in [5.41, 5.74) is 4.58. The first-order chi connectivity index (χ1) is 14.5. The summed E-state index contributed by atoms with van der Waals surface area (Å²) in [6.07, 6.45) is 2.60. The number of ether oxygens (including phenoxy) is 1. The van der Waals surface area contributed by atoms with Gasteiger partial charge < -0.3 is 9.64 Å². The van der Waals surface area contributed by atoms with Gasteiger partial charge in [-0.2, -0.15) is 0 Å². The number of rotatable bonds is 8. The van der Waals surface area contributed by atoms with Crippen molar-refractivity contribution in [3.8, 4) is 0 Å². The molecule has 0 N–H and O–H groups in total. The van der Waals surface area contributed by atoms with Crippen molar-refractivity contribution in [1.82, 2.24) is 4.90 Å². The van der Waals surface area contributed by atoms with Crippen LogP contribution in [-0.2, 0) is 16.0 Å². The van der Waals surface area contributed by atoms with Crippen LogP contribution in [0.1, 0.15) is 37.5 Å². The summed E-state index contributed by atoms with van der Waals surface area (Å²) in [7, 11) is 0. The van der Waals surface area contributed by atoms with E-state index in [4.69, 9.17) is 4.74 Å². The number of aryl methyl sites for hydroxylation is 1. The second kappa shape index (κ2) is 10.1. The van der Waals surface area contributed by atoms with Gasteiger partial charge in [0, 0.05) is 31.9 Å². The minimum atomic E-state index is -0.139. The summed E-state index contributed by atoms with van der Waals surface area (Å²) in [6, 6.07) is 17.0. The van der Waals surface area contributed by atoms with Crippen LogP contribution in [0.25, 0.3) is 6.08 Å². The summed E-state index contributed by atoms with van der Waals surface area (Å²) in [4.78, 5) is 21.2. The molecule has 1 amide bonds. The lowest BCUT2D eigenvalue weighted by molar-refractivity contribution is -0.122. The maximum absolute atomic E-state index is 12.7. The number of carbonyl (C=O) groups is 1. The quantitative estimate of drug-likeness (QED) is 0.600. The van der Waals surface area contributed by atoms with E-state index in [1.165, 1.54) is 16.8 Å². The van der Waals surface area contributed by atoms with Crippen LogP contribution in [0.4, 0.5) is 5.69 Å². The molecule has 1 aliphatic heterocycles. The molecule has 1 heterocycles. The first-order valence-electron chi connectivity index (χ1n) is 10.7. The Morgan fingerprint density at radius 2 is 1.67 bits per heavy atom. The number of amides is 1. The van der Waals surface area contributed by atoms with E-state index in [1.807, 2.05) is 19.1 Å². The second-order valence-electron chi connectivity index (χ2n) is 7.32. The lowest BCUT2D eigenvalue weighted by Crippen LogP contribution is -2.29. The Morgan fingerprint density at radius 3 is 2.27 bits per heavy atom. The minimum absolute atomic E-state index is 0.139. The molecule has 0 bridgehead atoms. The molecule has 0 radical (unpaired) electrons. The lowest BCUT2D eigenvalue weighted by atomic mass is 10.1. The van der Waals surface area contributed by atoms with Crippen LogP contribution in [0.2, 0.25) is 0 Å². The number of likely N-dealkylation sites (N-methyl/N-ethyl adjacent to an activating group) is 1. The molecule has 1 aliphatic rings. The summed E-state index contributed by atoms with van der Waals surface area (Å²) in [6.45, 7) is 11.3. The highest BCUT2D eigenvalue weighted by Crippen LogP contribution is 2.22. The maximum atomic E-state index is 12.7. The van der Waals surface area contributed by atoms with Gasteiger partial charge in [-0.1, -0.05) is 42.0 Å². The zero-order chi connectivity index (χ0) is 21.5. The standard InChI is InChI=1S/C25H31N3O2/c1-5-27(6-2)22-14-12-21(13-15-22)18-23-24(29)28(7-3)25(30-23)26-17-16-20-10-8-19(4)9-11-20/h8-15,18H,5-7,16-17H2,1-4H3/b23-18+,26-25?. The number of carbonyl (C=O) groups excluding carboxylic acids is 1. The molecule has 0 saturated carbocycles. The van der Waals surface area contributed by atoms with Crippen molar-refractivity contribution in [2.24, 2.45) is 4.99 Å². The second-order valence-corrected chi connectivity index (χ2v) is 7.32. The fourth-order valence-electron chi connectivity index (χ4n) is 3.46. The van der Waals surface area contributed by atoms with Crippen LogP contribution in [0.3, 0.4) is 0 Å². The number of nitrogens with zero attached hydrogens (tertiary/aromatic N) is 3. The average molecular weight is 406 g/mol. The van der Waals surface area contributed by atoms with Crippen LogP contribution in [0.15, 0.2) is 59.3 Å². The molecule has 2 aromatic rings. The van der Waals surface area contributed by atoms with E-state index in [2.05, 4.69) is 67.1 Å². The van der Waals surface area contributed by atoms with E-state index in [0.29, 0.717) is 24.9 Å². The van der Waals surface area contributed by atoms with Gasteiger partial charge in [0.1, 0.15) is 0 Å². The highest BCUT2D eigenvalue weighted by molar-refractivity contribution is 6.11. The molecule has 5 nitrogen and oxygen atoms in total. The Hall–Kier alpha value is -3.08. The van der Waals surface area contributed by atoms with E-state index in [9.17, 15) is 4.79 Å². The van der Waals surface area contributed by atoms with Gasteiger partial charge in [0.2, 0.25) is 0 Å². The highest BCUT2D eigenvalue weighted by Gasteiger charge is 2.33. The SMILES string of the molecule is CCN1C(=O)/C(=C\c2ccc(N(CC)CC)cc2)OC1=NCCc1ccc(C)cc1. The Balaban J connectivity index is 1.70. The average Bonchev–Trinajstić information content (AvgIpc) is 3.06. The van der Waals surface area contributed by atoms with Crippen molar-refractivity contribution in [2.45, 2.75) is 34.1 Å². The first kappa shape index (κ1) is 21.6. The van der Waals surface area contributed by atoms with Gasteiger partial charge >= 0.3 is 0 Å². The molecular formula is C25H31N3O2. The monoisotopic (exact) mass is 405 g/mol. The van der Waals surface area contributed by atoms with Gasteiger partial charge in [-0.05, 0) is 63.5 Å². The summed E-state index contributed by atoms with van der Waals surface area (Å²) < 4.78 is 5.84. The van der Waals surface area contributed by atoms with Gasteiger partial charge in [0.05, 0.1) is 0 Å². The van der Waals surface area contributed by atoms with Crippen molar-refractivity contribution in [3.05, 3.63) is 71.0 Å². The Bertz CT molecular complexity index is 910. The number of hydrogen-bond acceptors (Lipinski definition) is 4. The van der Waals surface area contributed by atoms with Gasteiger partial charge in [0.15, 0.2) is 5.76 Å². The van der Waals surface area contributed by atoms with Crippen molar-refractivity contribution in [2.75, 3.05) is 31.1 Å². The summed E-state index contributed by atoms with van der Waals surface area (Å²) in [5, 5.41) is 0. The third-order valence-electron chi connectivity index (χ3n) is 5.29. The smallest absolute Gasteiger partial charge is 0.300 e. The van der Waals surface area contributed by atoms with Crippen LogP contribution in [-0.4, -0.2) is 43.0 Å². The van der Waals surface area contributed by atoms with E-state index < -0.39 is 0 Å². The van der Waals surface area contributed by atoms with Gasteiger partial charge in [-0.25, -0.2) is 4.99 Å². The van der Waals surface area contributed by atoms with Crippen molar-refractivity contribution in [1.29, 1.82) is 0 Å². The Labute approximate surface area is 179 Å². The Kier molecular flexibility index (Phi) is 7.28. The molecule has 158 valence electrons. The molecule has 5 heteroatoms. The van der Waals surface area contributed by atoms with Crippen molar-refractivity contribution in [3.63, 3.8) is 0 Å². The number of benzene rings is 2. The fraction of sp³-hybridized carbons (Fsp3) is 0.360. The van der Waals surface area contributed by atoms with Crippen LogP contribution in [0.5, 0.6) is 0 Å². The molecular weight excluding hydrogens is 374 g/mol. The molecule has 30 heavy (non-hydrogen) atoms. The topological polar surface area (TPSA) is 45.1 Å². The number of anilines is 1. The molecule has 0 aliphatic carbocycles. The predicted octanol–water partition coefficient (Wildman–Crippen LogP) is 4.66. The fourth-order valence-corrected chi connectivity index (χ4v) is 3.46. The van der Waals surface area contributed by atoms with E-state index in [-0.39, 0.29) is 5.91 Å². The molecule has 1 saturated heterocycles. The summed E-state index contributed by atoms with van der Waals surface area (Å²) >= 11 is 0. The summed E-state index contributed by atoms with van der Waals surface area (Å²) in [5.74, 6) is 0.181. The molecule has 0 aromatic heterocycles. The number of aliphatic imine (C=N–C) groups is 1. The molecule has 3 rings (SSSR count). The molecule has 0 atom stereocenters. The zero-order valence-electron chi connectivity index (χ0n) is 18.4. The van der Waals surface area contributed by atoms with Crippen LogP contribution >= 0.6 is 0 Å². The normalized spacial score (nSPS) is 16.4. The number of amidine groups is 1. The van der Waals surface area contributed by atoms with E-state index >= 15 is 0 Å². The lowest BCUT2D eigenvalue weighted by Gasteiger charge is -2.20. The molecule has 2 aromatic carbocycles. The molecule has 1 fully saturated rings. The first-order valence-corrected chi connectivity index (χ1v) is 10.7. The Morgan fingerprint density at radius 1 is 1.00 bits per heavy atom. The van der Waals surface area contributed by atoms with Crippen molar-refractivity contribution < 1.29 is 9.53 Å². The minimum Gasteiger partial charge on any atom is -0.420 e. The van der Waals surface area contributed by atoms with Crippen LogP contribution < -0.4 is 4.90 Å². The van der Waals surface area contributed by atoms with E-state index in [0.717, 1.165) is 25.1 Å². The third kappa shape index (κ3) is 5.09. The molecule has 0 unspecified atom stereocenters. The zero-order valence-corrected chi connectivity index (χ0v) is 18.4. The van der Waals surface area contributed by atoms with Gasteiger partial charge in [-0.15, -0.1) is 0 Å². The maximum Gasteiger partial charge on any atom is 0.300 e. The largest absolute Gasteiger partial charge is 0.420 e. The highest BCUT2D eigenvalue weighted by atomic mass is 16.5.